The Kier molecular flexibility index (Phi) is 11.1. The van der Waals surface area contributed by atoms with Gasteiger partial charge in [0.25, 0.3) is 0 Å². The summed E-state index contributed by atoms with van der Waals surface area (Å²) in [7, 11) is 1.29. The summed E-state index contributed by atoms with van der Waals surface area (Å²) >= 11 is 0. The molecular formula is C23H37NO6. The number of hydrogen-bond acceptors (Lipinski definition) is 6. The number of hydrogen-bond donors (Lipinski definition) is 1. The van der Waals surface area contributed by atoms with E-state index in [1.165, 1.54) is 7.11 Å². The molecule has 0 aliphatic carbocycles. The minimum atomic E-state index is -0.875. The van der Waals surface area contributed by atoms with Crippen LogP contribution >= 0.6 is 0 Å². The summed E-state index contributed by atoms with van der Waals surface area (Å²) < 4.78 is 21.9. The van der Waals surface area contributed by atoms with Crippen molar-refractivity contribution in [3.8, 4) is 11.5 Å². The fourth-order valence-corrected chi connectivity index (χ4v) is 2.59. The van der Waals surface area contributed by atoms with Crippen LogP contribution in [-0.4, -0.2) is 44.0 Å². The highest BCUT2D eigenvalue weighted by Gasteiger charge is 2.25. The SMILES string of the molecule is CCCCOc1ccc(C[C@H](NC(=O)OC(C)(C)C)C(=O)OC)cc1OCCCC. The predicted octanol–water partition coefficient (Wildman–Crippen LogP) is 4.65. The zero-order valence-electron chi connectivity index (χ0n) is 19.2. The number of methoxy groups -OCH3 is 1. The maximum absolute atomic E-state index is 12.2. The van der Waals surface area contributed by atoms with Crippen LogP contribution in [0.5, 0.6) is 11.5 Å². The number of rotatable bonds is 12. The average molecular weight is 424 g/mol. The van der Waals surface area contributed by atoms with Crippen molar-refractivity contribution < 1.29 is 28.5 Å². The average Bonchev–Trinajstić information content (AvgIpc) is 2.67. The number of esters is 1. The number of alkyl carbamates (subject to hydrolysis) is 1. The third-order valence-corrected chi connectivity index (χ3v) is 4.14. The standard InChI is InChI=1S/C23H37NO6/c1-7-9-13-28-19-12-11-17(16-20(19)29-14-10-8-2)15-18(21(25)27-6)24-22(26)30-23(3,4)5/h11-12,16,18H,7-10,13-15H2,1-6H3,(H,24,26)/t18-/m0/s1. The van der Waals surface area contributed by atoms with E-state index in [-0.39, 0.29) is 6.42 Å². The van der Waals surface area contributed by atoms with Crippen LogP contribution in [0.2, 0.25) is 0 Å². The van der Waals surface area contributed by atoms with E-state index in [0.29, 0.717) is 24.7 Å². The van der Waals surface area contributed by atoms with Crippen LogP contribution in [0.25, 0.3) is 0 Å². The first-order chi connectivity index (χ1) is 14.2. The lowest BCUT2D eigenvalue weighted by Gasteiger charge is -2.23. The van der Waals surface area contributed by atoms with Gasteiger partial charge in [-0.3, -0.25) is 0 Å². The first-order valence-electron chi connectivity index (χ1n) is 10.7. The van der Waals surface area contributed by atoms with Gasteiger partial charge < -0.3 is 24.3 Å². The van der Waals surface area contributed by atoms with Crippen molar-refractivity contribution in [3.05, 3.63) is 23.8 Å². The fourth-order valence-electron chi connectivity index (χ4n) is 2.59. The van der Waals surface area contributed by atoms with Gasteiger partial charge in [-0.05, 0) is 51.3 Å². The number of carbonyl (C=O) groups excluding carboxylic acids is 2. The topological polar surface area (TPSA) is 83.1 Å². The Morgan fingerprint density at radius 2 is 1.60 bits per heavy atom. The minimum Gasteiger partial charge on any atom is -0.490 e. The Balaban J connectivity index is 2.96. The summed E-state index contributed by atoms with van der Waals surface area (Å²) in [6.45, 7) is 10.7. The highest BCUT2D eigenvalue weighted by molar-refractivity contribution is 5.81. The molecule has 30 heavy (non-hydrogen) atoms. The van der Waals surface area contributed by atoms with Crippen LogP contribution in [0.1, 0.15) is 65.9 Å². The monoisotopic (exact) mass is 423 g/mol. The van der Waals surface area contributed by atoms with Crippen molar-refractivity contribution in [1.29, 1.82) is 0 Å². The molecule has 7 nitrogen and oxygen atoms in total. The Bertz CT molecular complexity index is 668. The first-order valence-corrected chi connectivity index (χ1v) is 10.7. The molecule has 170 valence electrons. The van der Waals surface area contributed by atoms with Gasteiger partial charge in [0.15, 0.2) is 11.5 Å². The molecule has 0 aliphatic rings. The van der Waals surface area contributed by atoms with E-state index >= 15 is 0 Å². The summed E-state index contributed by atoms with van der Waals surface area (Å²) in [6, 6.07) is 4.68. The Morgan fingerprint density at radius 3 is 2.13 bits per heavy atom. The molecule has 1 N–H and O–H groups in total. The summed E-state index contributed by atoms with van der Waals surface area (Å²) in [6.07, 6.45) is 3.53. The number of benzene rings is 1. The molecule has 1 aromatic rings. The predicted molar refractivity (Wildman–Crippen MR) is 116 cm³/mol. The number of amides is 1. The minimum absolute atomic E-state index is 0.241. The first kappa shape index (κ1) is 25.6. The summed E-state index contributed by atoms with van der Waals surface area (Å²) in [4.78, 5) is 24.3. The molecule has 7 heteroatoms. The lowest BCUT2D eigenvalue weighted by molar-refractivity contribution is -0.143. The Morgan fingerprint density at radius 1 is 1.00 bits per heavy atom. The lowest BCUT2D eigenvalue weighted by Crippen LogP contribution is -2.45. The maximum atomic E-state index is 12.2. The second-order valence-corrected chi connectivity index (χ2v) is 8.11. The highest BCUT2D eigenvalue weighted by atomic mass is 16.6. The van der Waals surface area contributed by atoms with Gasteiger partial charge in [0.2, 0.25) is 0 Å². The van der Waals surface area contributed by atoms with Gasteiger partial charge in [0, 0.05) is 6.42 Å². The van der Waals surface area contributed by atoms with E-state index in [1.807, 2.05) is 18.2 Å². The normalized spacial score (nSPS) is 12.1. The number of unbranched alkanes of at least 4 members (excludes halogenated alkanes) is 2. The molecule has 0 saturated carbocycles. The van der Waals surface area contributed by atoms with Crippen molar-refractivity contribution in [2.45, 2.75) is 78.4 Å². The maximum Gasteiger partial charge on any atom is 0.408 e. The largest absolute Gasteiger partial charge is 0.490 e. The van der Waals surface area contributed by atoms with E-state index < -0.39 is 23.7 Å². The van der Waals surface area contributed by atoms with Gasteiger partial charge in [-0.2, -0.15) is 0 Å². The van der Waals surface area contributed by atoms with Crippen molar-refractivity contribution in [1.82, 2.24) is 5.32 Å². The molecule has 0 saturated heterocycles. The zero-order chi connectivity index (χ0) is 22.6. The van der Waals surface area contributed by atoms with Gasteiger partial charge in [-0.1, -0.05) is 32.8 Å². The van der Waals surface area contributed by atoms with Crippen LogP contribution in [0, 0.1) is 0 Å². The van der Waals surface area contributed by atoms with Crippen LogP contribution in [0.15, 0.2) is 18.2 Å². The zero-order valence-corrected chi connectivity index (χ0v) is 19.2. The Hall–Kier alpha value is -2.44. The molecule has 0 aromatic heterocycles. The lowest BCUT2D eigenvalue weighted by atomic mass is 10.1. The van der Waals surface area contributed by atoms with Gasteiger partial charge in [-0.15, -0.1) is 0 Å². The smallest absolute Gasteiger partial charge is 0.408 e. The highest BCUT2D eigenvalue weighted by Crippen LogP contribution is 2.29. The van der Waals surface area contributed by atoms with Crippen molar-refractivity contribution in [2.75, 3.05) is 20.3 Å². The molecule has 0 heterocycles. The summed E-state index contributed by atoms with van der Waals surface area (Å²) in [5.74, 6) is 0.772. The molecule has 1 atom stereocenters. The molecule has 1 amide bonds. The van der Waals surface area contributed by atoms with E-state index in [4.69, 9.17) is 18.9 Å². The van der Waals surface area contributed by atoms with Gasteiger partial charge >= 0.3 is 12.1 Å². The third kappa shape index (κ3) is 9.85. The molecule has 0 bridgehead atoms. The molecule has 0 radical (unpaired) electrons. The second-order valence-electron chi connectivity index (χ2n) is 8.11. The van der Waals surface area contributed by atoms with E-state index in [2.05, 4.69) is 19.2 Å². The molecule has 0 unspecified atom stereocenters. The van der Waals surface area contributed by atoms with Crippen LogP contribution in [-0.2, 0) is 20.7 Å². The third-order valence-electron chi connectivity index (χ3n) is 4.14. The van der Waals surface area contributed by atoms with E-state index in [1.54, 1.807) is 20.8 Å². The van der Waals surface area contributed by atoms with Gasteiger partial charge in [0.05, 0.1) is 20.3 Å². The van der Waals surface area contributed by atoms with Gasteiger partial charge in [0.1, 0.15) is 11.6 Å². The second kappa shape index (κ2) is 13.0. The summed E-state index contributed by atoms with van der Waals surface area (Å²) in [5, 5.41) is 2.59. The van der Waals surface area contributed by atoms with E-state index in [0.717, 1.165) is 31.2 Å². The number of nitrogens with one attached hydrogen (secondary N) is 1. The van der Waals surface area contributed by atoms with E-state index in [9.17, 15) is 9.59 Å². The molecule has 0 spiro atoms. The molecule has 1 rings (SSSR count). The molecular weight excluding hydrogens is 386 g/mol. The van der Waals surface area contributed by atoms with Crippen LogP contribution in [0.4, 0.5) is 4.79 Å². The Labute approximate surface area is 180 Å². The van der Waals surface area contributed by atoms with Crippen molar-refractivity contribution in [3.63, 3.8) is 0 Å². The quantitative estimate of drug-likeness (QED) is 0.389. The molecule has 0 fully saturated rings. The van der Waals surface area contributed by atoms with Crippen molar-refractivity contribution in [2.24, 2.45) is 0 Å². The van der Waals surface area contributed by atoms with Crippen LogP contribution in [0.3, 0.4) is 0 Å². The number of carbonyl (C=O) groups is 2. The number of ether oxygens (including phenoxy) is 4. The van der Waals surface area contributed by atoms with Gasteiger partial charge in [-0.25, -0.2) is 9.59 Å². The molecule has 1 aromatic carbocycles. The van der Waals surface area contributed by atoms with Crippen molar-refractivity contribution >= 4 is 12.1 Å². The summed E-state index contributed by atoms with van der Waals surface area (Å²) in [5.41, 5.74) is 0.151. The molecule has 0 aliphatic heterocycles. The fraction of sp³-hybridized carbons (Fsp3) is 0.652. The van der Waals surface area contributed by atoms with Crippen LogP contribution < -0.4 is 14.8 Å².